The van der Waals surface area contributed by atoms with E-state index in [1.165, 1.54) is 18.2 Å². The third kappa shape index (κ3) is 3.12. The van der Waals surface area contributed by atoms with E-state index in [9.17, 15) is 14.4 Å². The molecule has 0 saturated carbocycles. The average molecular weight is 357 g/mol. The molecule has 0 saturated heterocycles. The Balaban J connectivity index is 1.91. The largest absolute Gasteiger partial charge is 0.478 e. The van der Waals surface area contributed by atoms with Crippen LogP contribution in [0, 0.1) is 6.92 Å². The maximum Gasteiger partial charge on any atom is 0.335 e. The fourth-order valence-corrected chi connectivity index (χ4v) is 2.63. The first-order chi connectivity index (χ1) is 11.9. The molecule has 0 bridgehead atoms. The van der Waals surface area contributed by atoms with E-state index in [4.69, 9.17) is 16.7 Å². The highest BCUT2D eigenvalue weighted by atomic mass is 35.5. The summed E-state index contributed by atoms with van der Waals surface area (Å²) in [6, 6.07) is 12.8. The van der Waals surface area contributed by atoms with E-state index in [2.05, 4.69) is 5.32 Å². The fourth-order valence-electron chi connectivity index (χ4n) is 2.41. The Labute approximate surface area is 148 Å². The highest BCUT2D eigenvalue weighted by Gasteiger charge is 2.38. The number of imide groups is 1. The van der Waals surface area contributed by atoms with Crippen LogP contribution < -0.4 is 10.2 Å². The van der Waals surface area contributed by atoms with E-state index >= 15 is 0 Å². The molecule has 3 rings (SSSR count). The van der Waals surface area contributed by atoms with Gasteiger partial charge in [-0.05, 0) is 37.3 Å². The number of rotatable bonds is 4. The number of carboxylic acids is 1. The van der Waals surface area contributed by atoms with Crippen LogP contribution in [0.15, 0.2) is 59.3 Å². The van der Waals surface area contributed by atoms with Gasteiger partial charge in [-0.2, -0.15) is 0 Å². The van der Waals surface area contributed by atoms with Gasteiger partial charge in [-0.3, -0.25) is 9.59 Å². The first-order valence-corrected chi connectivity index (χ1v) is 7.72. The van der Waals surface area contributed by atoms with Crippen LogP contribution in [0.25, 0.3) is 0 Å². The van der Waals surface area contributed by atoms with Crippen molar-refractivity contribution in [2.45, 2.75) is 6.92 Å². The second-order valence-corrected chi connectivity index (χ2v) is 5.86. The number of nitrogens with zero attached hydrogens (tertiary/aromatic N) is 1. The van der Waals surface area contributed by atoms with Crippen LogP contribution in [0.2, 0.25) is 0 Å². The maximum absolute atomic E-state index is 12.6. The summed E-state index contributed by atoms with van der Waals surface area (Å²) < 4.78 is 0. The molecule has 0 fully saturated rings. The molecule has 0 unspecified atom stereocenters. The molecule has 0 spiro atoms. The third-order valence-corrected chi connectivity index (χ3v) is 4.05. The van der Waals surface area contributed by atoms with E-state index in [0.29, 0.717) is 11.4 Å². The number of carbonyl (C=O) groups is 3. The Morgan fingerprint density at radius 1 is 1.08 bits per heavy atom. The quantitative estimate of drug-likeness (QED) is 0.822. The van der Waals surface area contributed by atoms with Crippen LogP contribution in [-0.2, 0) is 9.59 Å². The molecule has 0 aliphatic carbocycles. The highest BCUT2D eigenvalue weighted by Crippen LogP contribution is 2.30. The Bertz CT molecular complexity index is 919. The second-order valence-electron chi connectivity index (χ2n) is 5.48. The molecule has 2 aromatic rings. The number of amides is 2. The first-order valence-electron chi connectivity index (χ1n) is 7.34. The Hall–Kier alpha value is -3.12. The first kappa shape index (κ1) is 16.7. The lowest BCUT2D eigenvalue weighted by Gasteiger charge is -2.15. The average Bonchev–Trinajstić information content (AvgIpc) is 2.80. The fraction of sp³-hybridized carbons (Fsp3) is 0.0556. The van der Waals surface area contributed by atoms with Gasteiger partial charge in [0.25, 0.3) is 11.8 Å². The number of halogens is 1. The predicted octanol–water partition coefficient (Wildman–Crippen LogP) is 3.13. The number of carbonyl (C=O) groups excluding carboxylic acids is 2. The van der Waals surface area contributed by atoms with E-state index in [1.54, 1.807) is 30.3 Å². The number of hydrogen-bond donors (Lipinski definition) is 2. The Morgan fingerprint density at radius 3 is 2.40 bits per heavy atom. The molecule has 25 heavy (non-hydrogen) atoms. The number of aryl methyl sites for hydroxylation is 1. The van der Waals surface area contributed by atoms with Gasteiger partial charge in [0.05, 0.1) is 11.3 Å². The molecule has 1 aliphatic heterocycles. The van der Waals surface area contributed by atoms with Gasteiger partial charge in [0.2, 0.25) is 0 Å². The second kappa shape index (κ2) is 6.41. The van der Waals surface area contributed by atoms with Gasteiger partial charge in [0, 0.05) is 5.69 Å². The van der Waals surface area contributed by atoms with Crippen molar-refractivity contribution in [1.29, 1.82) is 0 Å². The molecule has 0 atom stereocenters. The van der Waals surface area contributed by atoms with Crippen molar-refractivity contribution >= 4 is 40.8 Å². The van der Waals surface area contributed by atoms with Crippen LogP contribution in [0.5, 0.6) is 0 Å². The summed E-state index contributed by atoms with van der Waals surface area (Å²) in [5, 5.41) is 11.5. The number of benzene rings is 2. The van der Waals surface area contributed by atoms with Crippen LogP contribution in [0.1, 0.15) is 15.9 Å². The van der Waals surface area contributed by atoms with Gasteiger partial charge in [-0.1, -0.05) is 35.4 Å². The monoisotopic (exact) mass is 356 g/mol. The van der Waals surface area contributed by atoms with E-state index < -0.39 is 17.8 Å². The molecule has 2 N–H and O–H groups in total. The van der Waals surface area contributed by atoms with Crippen molar-refractivity contribution in [2.75, 3.05) is 10.2 Å². The summed E-state index contributed by atoms with van der Waals surface area (Å²) in [4.78, 5) is 37.0. The van der Waals surface area contributed by atoms with Gasteiger partial charge in [-0.25, -0.2) is 9.69 Å². The molecule has 2 aromatic carbocycles. The minimum atomic E-state index is -1.10. The summed E-state index contributed by atoms with van der Waals surface area (Å²) in [7, 11) is 0. The molecule has 0 aromatic heterocycles. The minimum absolute atomic E-state index is 0.0499. The number of carboxylic acid groups (broad SMARTS) is 1. The van der Waals surface area contributed by atoms with Crippen LogP contribution in [-0.4, -0.2) is 22.9 Å². The van der Waals surface area contributed by atoms with Gasteiger partial charge in [0.15, 0.2) is 0 Å². The van der Waals surface area contributed by atoms with Crippen molar-refractivity contribution < 1.29 is 19.5 Å². The van der Waals surface area contributed by atoms with Crippen molar-refractivity contribution in [3.8, 4) is 0 Å². The van der Waals surface area contributed by atoms with Crippen molar-refractivity contribution in [1.82, 2.24) is 0 Å². The van der Waals surface area contributed by atoms with E-state index in [0.717, 1.165) is 10.5 Å². The van der Waals surface area contributed by atoms with Gasteiger partial charge in [-0.15, -0.1) is 0 Å². The molecule has 6 nitrogen and oxygen atoms in total. The zero-order valence-electron chi connectivity index (χ0n) is 13.1. The summed E-state index contributed by atoms with van der Waals surface area (Å²) in [6.07, 6.45) is 0. The van der Waals surface area contributed by atoms with Crippen molar-refractivity contribution in [2.24, 2.45) is 0 Å². The van der Waals surface area contributed by atoms with Gasteiger partial charge in [0.1, 0.15) is 10.7 Å². The molecule has 7 heteroatoms. The number of aromatic carboxylic acids is 1. The third-order valence-electron chi connectivity index (χ3n) is 3.70. The van der Waals surface area contributed by atoms with E-state index in [1.807, 2.05) is 6.92 Å². The highest BCUT2D eigenvalue weighted by molar-refractivity contribution is 6.53. The van der Waals surface area contributed by atoms with Gasteiger partial charge < -0.3 is 10.4 Å². The summed E-state index contributed by atoms with van der Waals surface area (Å²) in [5.74, 6) is -2.33. The standard InChI is InChI=1S/C18H13ClN2O4/c1-10-5-7-13(8-6-10)21-16(22)14(19)15(17(21)23)20-12-4-2-3-11(9-12)18(24)25/h2-9,20H,1H3,(H,24,25). The SMILES string of the molecule is Cc1ccc(N2C(=O)C(Cl)=C(Nc3cccc(C(=O)O)c3)C2=O)cc1. The topological polar surface area (TPSA) is 86.7 Å². The van der Waals surface area contributed by atoms with E-state index in [-0.39, 0.29) is 16.3 Å². The number of nitrogens with one attached hydrogen (secondary N) is 1. The lowest BCUT2D eigenvalue weighted by atomic mass is 10.2. The van der Waals surface area contributed by atoms with Gasteiger partial charge >= 0.3 is 5.97 Å². The smallest absolute Gasteiger partial charge is 0.335 e. The minimum Gasteiger partial charge on any atom is -0.478 e. The van der Waals surface area contributed by atoms with Crippen LogP contribution in [0.3, 0.4) is 0 Å². The van der Waals surface area contributed by atoms with Crippen LogP contribution >= 0.6 is 11.6 Å². The summed E-state index contributed by atoms with van der Waals surface area (Å²) >= 11 is 6.04. The molecular formula is C18H13ClN2O4. The molecule has 126 valence electrons. The molecular weight excluding hydrogens is 344 g/mol. The van der Waals surface area contributed by atoms with Crippen LogP contribution in [0.4, 0.5) is 11.4 Å². The molecule has 1 aliphatic rings. The zero-order chi connectivity index (χ0) is 18.1. The lowest BCUT2D eigenvalue weighted by molar-refractivity contribution is -0.120. The predicted molar refractivity (Wildman–Crippen MR) is 93.6 cm³/mol. The van der Waals surface area contributed by atoms with Crippen molar-refractivity contribution in [3.05, 3.63) is 70.4 Å². The Kier molecular flexibility index (Phi) is 4.29. The lowest BCUT2D eigenvalue weighted by Crippen LogP contribution is -2.32. The maximum atomic E-state index is 12.6. The summed E-state index contributed by atoms with van der Waals surface area (Å²) in [6.45, 7) is 1.89. The molecule has 2 amide bonds. The normalized spacial score (nSPS) is 14.2. The Morgan fingerprint density at radius 2 is 1.76 bits per heavy atom. The van der Waals surface area contributed by atoms with Crippen molar-refractivity contribution in [3.63, 3.8) is 0 Å². The number of hydrogen-bond acceptors (Lipinski definition) is 4. The summed E-state index contributed by atoms with van der Waals surface area (Å²) in [5.41, 5.74) is 1.71. The molecule has 0 radical (unpaired) electrons. The zero-order valence-corrected chi connectivity index (χ0v) is 13.9. The molecule has 1 heterocycles. The number of anilines is 2.